The van der Waals surface area contributed by atoms with E-state index >= 15 is 0 Å². The van der Waals surface area contributed by atoms with E-state index in [1.807, 2.05) is 0 Å². The van der Waals surface area contributed by atoms with Gasteiger partial charge in [-0.3, -0.25) is 19.8 Å². The fraction of sp³-hybridized carbons (Fsp3) is 0.389. The lowest BCUT2D eigenvalue weighted by molar-refractivity contribution is -0.143. The van der Waals surface area contributed by atoms with Crippen LogP contribution in [0.2, 0.25) is 5.02 Å². The van der Waals surface area contributed by atoms with Crippen molar-refractivity contribution in [2.75, 3.05) is 0 Å². The van der Waals surface area contributed by atoms with E-state index in [2.05, 4.69) is 17.6 Å². The zero-order chi connectivity index (χ0) is 16.6. The van der Waals surface area contributed by atoms with Crippen LogP contribution in [0.25, 0.3) is 0 Å². The van der Waals surface area contributed by atoms with Crippen molar-refractivity contribution in [3.8, 4) is 0 Å². The van der Waals surface area contributed by atoms with Crippen LogP contribution in [0, 0.1) is 35.5 Å². The second kappa shape index (κ2) is 4.70. The number of nitrogens with one attached hydrogen (secondary N) is 1. The van der Waals surface area contributed by atoms with Gasteiger partial charge in [0.25, 0.3) is 17.7 Å². The Hall–Kier alpha value is -2.14. The molecule has 2 saturated carbocycles. The maximum atomic E-state index is 12.8. The van der Waals surface area contributed by atoms with Gasteiger partial charge in [0.2, 0.25) is 0 Å². The minimum absolute atomic E-state index is 0.148. The van der Waals surface area contributed by atoms with E-state index in [1.165, 1.54) is 6.07 Å². The molecule has 1 heterocycles. The van der Waals surface area contributed by atoms with Crippen molar-refractivity contribution in [1.29, 1.82) is 0 Å². The topological polar surface area (TPSA) is 66.5 Å². The summed E-state index contributed by atoms with van der Waals surface area (Å²) in [5.74, 6) is -0.280. The molecule has 1 aromatic rings. The van der Waals surface area contributed by atoms with Crippen molar-refractivity contribution in [3.05, 3.63) is 47.0 Å². The molecule has 5 aliphatic rings. The molecule has 1 aromatic carbocycles. The third-order valence-electron chi connectivity index (χ3n) is 5.96. The molecule has 1 aliphatic heterocycles. The summed E-state index contributed by atoms with van der Waals surface area (Å²) < 4.78 is 0. The van der Waals surface area contributed by atoms with Gasteiger partial charge in [-0.25, -0.2) is 0 Å². The first-order valence-electron chi connectivity index (χ1n) is 8.19. The van der Waals surface area contributed by atoms with Crippen molar-refractivity contribution in [2.24, 2.45) is 35.5 Å². The molecule has 4 aliphatic carbocycles. The summed E-state index contributed by atoms with van der Waals surface area (Å²) in [6, 6.07) is 6.42. The molecule has 24 heavy (non-hydrogen) atoms. The van der Waals surface area contributed by atoms with Crippen LogP contribution < -0.4 is 5.43 Å². The molecule has 1 saturated heterocycles. The van der Waals surface area contributed by atoms with Gasteiger partial charge < -0.3 is 0 Å². The lowest BCUT2D eigenvalue weighted by Crippen LogP contribution is -2.46. The lowest BCUT2D eigenvalue weighted by atomic mass is 9.63. The molecule has 0 spiro atoms. The second-order valence-electron chi connectivity index (χ2n) is 7.12. The number of hydrogen-bond donors (Lipinski definition) is 1. The number of imide groups is 1. The third-order valence-corrected chi connectivity index (χ3v) is 6.20. The lowest BCUT2D eigenvalue weighted by Gasteiger charge is -2.37. The highest BCUT2D eigenvalue weighted by atomic mass is 35.5. The summed E-state index contributed by atoms with van der Waals surface area (Å²) in [6.07, 6.45) is 5.33. The van der Waals surface area contributed by atoms with Gasteiger partial charge in [0.15, 0.2) is 0 Å². The van der Waals surface area contributed by atoms with Crippen molar-refractivity contribution >= 4 is 29.3 Å². The number of hydrogen-bond acceptors (Lipinski definition) is 3. The molecule has 3 fully saturated rings. The largest absolute Gasteiger partial charge is 0.272 e. The predicted molar refractivity (Wildman–Crippen MR) is 85.5 cm³/mol. The molecule has 0 radical (unpaired) electrons. The Morgan fingerprint density at radius 3 is 2.29 bits per heavy atom. The SMILES string of the molecule is O=C(NN1C(=O)[C@@H]2[C@@H]3C=C[C@H]([C@H]4C[C@H]34)[C@@H]2C1=O)c1cccc(Cl)c1. The van der Waals surface area contributed by atoms with Crippen LogP contribution in [0.3, 0.4) is 0 Å². The van der Waals surface area contributed by atoms with Crippen molar-refractivity contribution in [1.82, 2.24) is 10.4 Å². The molecular formula is C18H15ClN2O3. The molecule has 0 aromatic heterocycles. The monoisotopic (exact) mass is 342 g/mol. The molecule has 6 rings (SSSR count). The number of nitrogens with zero attached hydrogens (tertiary/aromatic N) is 1. The number of carbonyl (C=O) groups is 3. The van der Waals surface area contributed by atoms with E-state index in [1.54, 1.807) is 18.2 Å². The zero-order valence-electron chi connectivity index (χ0n) is 12.7. The maximum Gasteiger partial charge on any atom is 0.270 e. The van der Waals surface area contributed by atoms with Crippen LogP contribution in [-0.2, 0) is 9.59 Å². The predicted octanol–water partition coefficient (Wildman–Crippen LogP) is 2.04. The second-order valence-corrected chi connectivity index (χ2v) is 7.55. The van der Waals surface area contributed by atoms with E-state index in [0.717, 1.165) is 11.4 Å². The fourth-order valence-corrected chi connectivity index (χ4v) is 5.05. The minimum Gasteiger partial charge on any atom is -0.272 e. The highest BCUT2D eigenvalue weighted by Crippen LogP contribution is 2.65. The van der Waals surface area contributed by atoms with Gasteiger partial charge in [-0.05, 0) is 48.3 Å². The number of allylic oxidation sites excluding steroid dienone is 2. The van der Waals surface area contributed by atoms with Gasteiger partial charge in [0, 0.05) is 10.6 Å². The first-order valence-corrected chi connectivity index (χ1v) is 8.57. The summed E-state index contributed by atoms with van der Waals surface area (Å²) in [5.41, 5.74) is 2.81. The van der Waals surface area contributed by atoms with Crippen molar-refractivity contribution in [3.63, 3.8) is 0 Å². The van der Waals surface area contributed by atoms with Gasteiger partial charge in [0.1, 0.15) is 0 Å². The van der Waals surface area contributed by atoms with E-state index < -0.39 is 5.91 Å². The van der Waals surface area contributed by atoms with Crippen LogP contribution in [0.4, 0.5) is 0 Å². The quantitative estimate of drug-likeness (QED) is 0.660. The van der Waals surface area contributed by atoms with E-state index in [0.29, 0.717) is 22.4 Å². The smallest absolute Gasteiger partial charge is 0.270 e. The first kappa shape index (κ1) is 14.2. The van der Waals surface area contributed by atoms with Crippen LogP contribution in [-0.4, -0.2) is 22.7 Å². The molecule has 6 heteroatoms. The van der Waals surface area contributed by atoms with Gasteiger partial charge in [-0.2, -0.15) is 5.01 Å². The first-order chi connectivity index (χ1) is 11.6. The molecule has 5 nitrogen and oxygen atoms in total. The highest BCUT2D eigenvalue weighted by Gasteiger charge is 2.67. The average Bonchev–Trinajstić information content (AvgIpc) is 3.36. The minimum atomic E-state index is -0.497. The molecule has 122 valence electrons. The molecule has 3 amide bonds. The van der Waals surface area contributed by atoms with Gasteiger partial charge >= 0.3 is 0 Å². The summed E-state index contributed by atoms with van der Waals surface area (Å²) in [5, 5.41) is 1.37. The highest BCUT2D eigenvalue weighted by molar-refractivity contribution is 6.31. The van der Waals surface area contributed by atoms with E-state index in [9.17, 15) is 14.4 Å². The Balaban J connectivity index is 1.41. The summed E-state index contributed by atoms with van der Waals surface area (Å²) in [7, 11) is 0. The molecule has 1 N–H and O–H groups in total. The van der Waals surface area contributed by atoms with E-state index in [-0.39, 0.29) is 35.5 Å². The van der Waals surface area contributed by atoms with Crippen molar-refractivity contribution in [2.45, 2.75) is 6.42 Å². The van der Waals surface area contributed by atoms with Gasteiger partial charge in [-0.15, -0.1) is 0 Å². The number of halogens is 1. The Bertz CT molecular complexity index is 784. The summed E-state index contributed by atoms with van der Waals surface area (Å²) >= 11 is 5.89. The molecule has 2 bridgehead atoms. The number of amides is 3. The normalized spacial score (nSPS) is 38.1. The Labute approximate surface area is 143 Å². The number of rotatable bonds is 2. The molecular weight excluding hydrogens is 328 g/mol. The van der Waals surface area contributed by atoms with Crippen LogP contribution in [0.1, 0.15) is 16.8 Å². The maximum absolute atomic E-state index is 12.8. The van der Waals surface area contributed by atoms with Gasteiger partial charge in [0.05, 0.1) is 11.8 Å². The Morgan fingerprint density at radius 1 is 1.08 bits per heavy atom. The van der Waals surface area contributed by atoms with E-state index in [4.69, 9.17) is 11.6 Å². The van der Waals surface area contributed by atoms with Crippen molar-refractivity contribution < 1.29 is 14.4 Å². The van der Waals surface area contributed by atoms with Gasteiger partial charge in [-0.1, -0.05) is 29.8 Å². The van der Waals surface area contributed by atoms with Crippen LogP contribution >= 0.6 is 11.6 Å². The number of benzene rings is 1. The van der Waals surface area contributed by atoms with Crippen LogP contribution in [0.15, 0.2) is 36.4 Å². The Kier molecular flexibility index (Phi) is 2.78. The average molecular weight is 343 g/mol. The summed E-state index contributed by atoms with van der Waals surface area (Å²) in [6.45, 7) is 0. The standard InChI is InChI=1S/C18H15ClN2O3/c19-9-3-1-2-8(6-9)16(22)20-21-17(23)14-10-4-5-11(13-7-12(10)13)15(14)18(21)24/h1-6,10-15H,7H2,(H,20,22)/t10-,11-,12-,13-,14-,15+/m1/s1. The molecule has 6 atom stereocenters. The summed E-state index contributed by atoms with van der Waals surface area (Å²) in [4.78, 5) is 37.9. The number of hydrazine groups is 1. The fourth-order valence-electron chi connectivity index (χ4n) is 4.86. The zero-order valence-corrected chi connectivity index (χ0v) is 13.4. The number of carbonyl (C=O) groups excluding carboxylic acids is 3. The Morgan fingerprint density at radius 2 is 1.71 bits per heavy atom. The van der Waals surface area contributed by atoms with Crippen LogP contribution in [0.5, 0.6) is 0 Å². The third kappa shape index (κ3) is 1.79. The molecule has 0 unspecified atom stereocenters.